The van der Waals surface area contributed by atoms with Crippen molar-refractivity contribution in [2.45, 2.75) is 25.8 Å². The fourth-order valence-corrected chi connectivity index (χ4v) is 2.63. The van der Waals surface area contributed by atoms with Crippen LogP contribution in [0.15, 0.2) is 29.6 Å². The van der Waals surface area contributed by atoms with Crippen LogP contribution in [0.25, 0.3) is 11.3 Å². The summed E-state index contributed by atoms with van der Waals surface area (Å²) in [6.07, 6.45) is 0.871. The van der Waals surface area contributed by atoms with E-state index >= 15 is 0 Å². The molecule has 0 aliphatic heterocycles. The van der Waals surface area contributed by atoms with E-state index in [1.807, 2.05) is 36.6 Å². The molecule has 1 heterocycles. The molecule has 0 radical (unpaired) electrons. The van der Waals surface area contributed by atoms with Crippen molar-refractivity contribution in [2.75, 3.05) is 0 Å². The molecular formula is C13H15ClN2S. The van der Waals surface area contributed by atoms with Gasteiger partial charge >= 0.3 is 0 Å². The molecule has 1 unspecified atom stereocenters. The summed E-state index contributed by atoms with van der Waals surface area (Å²) in [5, 5.41) is 3.72. The molecule has 1 atom stereocenters. The number of nitrogens with zero attached hydrogens (tertiary/aromatic N) is 1. The Hall–Kier alpha value is -0.900. The van der Waals surface area contributed by atoms with Crippen molar-refractivity contribution in [3.63, 3.8) is 0 Å². The monoisotopic (exact) mass is 266 g/mol. The van der Waals surface area contributed by atoms with Crippen molar-refractivity contribution >= 4 is 22.9 Å². The van der Waals surface area contributed by atoms with E-state index in [0.717, 1.165) is 27.7 Å². The predicted octanol–water partition coefficient (Wildman–Crippen LogP) is 4.05. The Balaban J connectivity index is 2.36. The lowest BCUT2D eigenvalue weighted by atomic mass is 10.0. The van der Waals surface area contributed by atoms with E-state index in [0.29, 0.717) is 0 Å². The number of nitrogens with two attached hydrogens (primary N) is 1. The quantitative estimate of drug-likeness (QED) is 0.910. The second-order valence-electron chi connectivity index (χ2n) is 4.32. The molecule has 4 heteroatoms. The van der Waals surface area contributed by atoms with Crippen LogP contribution in [0.2, 0.25) is 5.02 Å². The molecule has 0 saturated carbocycles. The Morgan fingerprint density at radius 1 is 1.47 bits per heavy atom. The van der Waals surface area contributed by atoms with Crippen molar-refractivity contribution in [1.82, 2.24) is 4.98 Å². The maximum atomic E-state index is 6.18. The van der Waals surface area contributed by atoms with Crippen molar-refractivity contribution < 1.29 is 0 Å². The van der Waals surface area contributed by atoms with E-state index in [1.165, 1.54) is 0 Å². The summed E-state index contributed by atoms with van der Waals surface area (Å²) in [5.41, 5.74) is 7.81. The first-order valence-corrected chi connectivity index (χ1v) is 6.79. The van der Waals surface area contributed by atoms with Crippen LogP contribution in [0.1, 0.15) is 25.3 Å². The normalized spacial score (nSPS) is 14.6. The molecule has 17 heavy (non-hydrogen) atoms. The smallest absolute Gasteiger partial charge is 0.113 e. The highest BCUT2D eigenvalue weighted by Gasteiger charge is 2.22. The first kappa shape index (κ1) is 12.6. The number of benzene rings is 1. The van der Waals surface area contributed by atoms with Gasteiger partial charge in [0, 0.05) is 16.0 Å². The van der Waals surface area contributed by atoms with Crippen LogP contribution in [0, 0.1) is 0 Å². The fourth-order valence-electron chi connectivity index (χ4n) is 1.47. The van der Waals surface area contributed by atoms with E-state index in [9.17, 15) is 0 Å². The van der Waals surface area contributed by atoms with Gasteiger partial charge in [-0.25, -0.2) is 4.98 Å². The van der Waals surface area contributed by atoms with Crippen LogP contribution < -0.4 is 5.73 Å². The van der Waals surface area contributed by atoms with Crippen molar-refractivity contribution in [3.05, 3.63) is 39.7 Å². The van der Waals surface area contributed by atoms with Crippen LogP contribution in [0.5, 0.6) is 0 Å². The third-order valence-electron chi connectivity index (χ3n) is 2.85. The molecule has 0 saturated heterocycles. The fraction of sp³-hybridized carbons (Fsp3) is 0.308. The number of hydrogen-bond donors (Lipinski definition) is 1. The number of hydrogen-bond acceptors (Lipinski definition) is 3. The van der Waals surface area contributed by atoms with Crippen LogP contribution in [-0.2, 0) is 5.54 Å². The number of rotatable bonds is 3. The van der Waals surface area contributed by atoms with E-state index in [1.54, 1.807) is 11.3 Å². The molecule has 0 amide bonds. The summed E-state index contributed by atoms with van der Waals surface area (Å²) in [6.45, 7) is 4.08. The minimum atomic E-state index is -0.346. The first-order valence-electron chi connectivity index (χ1n) is 5.54. The zero-order valence-electron chi connectivity index (χ0n) is 9.90. The van der Waals surface area contributed by atoms with Gasteiger partial charge < -0.3 is 5.73 Å². The molecule has 2 N–H and O–H groups in total. The maximum absolute atomic E-state index is 6.18. The van der Waals surface area contributed by atoms with Gasteiger partial charge in [-0.1, -0.05) is 30.7 Å². The average Bonchev–Trinajstić information content (AvgIpc) is 2.79. The lowest BCUT2D eigenvalue weighted by molar-refractivity contribution is 0.474. The molecule has 0 bridgehead atoms. The van der Waals surface area contributed by atoms with Gasteiger partial charge in [0.15, 0.2) is 0 Å². The standard InChI is InChI=1S/C13H15ClN2S/c1-3-13(2,15)12-16-11(8-17-12)9-5-4-6-10(14)7-9/h4-8H,3,15H2,1-2H3. The van der Waals surface area contributed by atoms with Crippen molar-refractivity contribution in [1.29, 1.82) is 0 Å². The molecule has 2 rings (SSSR count). The van der Waals surface area contributed by atoms with Crippen LogP contribution >= 0.6 is 22.9 Å². The second kappa shape index (κ2) is 4.77. The topological polar surface area (TPSA) is 38.9 Å². The largest absolute Gasteiger partial charge is 0.320 e. The summed E-state index contributed by atoms with van der Waals surface area (Å²) in [7, 11) is 0. The summed E-state index contributed by atoms with van der Waals surface area (Å²) in [6, 6.07) is 7.71. The van der Waals surface area contributed by atoms with Gasteiger partial charge in [-0.05, 0) is 25.5 Å². The van der Waals surface area contributed by atoms with E-state index in [4.69, 9.17) is 17.3 Å². The van der Waals surface area contributed by atoms with Gasteiger partial charge in [-0.3, -0.25) is 0 Å². The molecule has 0 fully saturated rings. The van der Waals surface area contributed by atoms with Gasteiger partial charge in [-0.15, -0.1) is 11.3 Å². The number of aromatic nitrogens is 1. The molecule has 90 valence electrons. The van der Waals surface area contributed by atoms with Crippen LogP contribution in [-0.4, -0.2) is 4.98 Å². The van der Waals surface area contributed by atoms with E-state index < -0.39 is 0 Å². The molecule has 1 aromatic carbocycles. The number of halogens is 1. The van der Waals surface area contributed by atoms with Crippen molar-refractivity contribution in [2.24, 2.45) is 5.73 Å². The third-order valence-corrected chi connectivity index (χ3v) is 4.20. The summed E-state index contributed by atoms with van der Waals surface area (Å²) >= 11 is 7.57. The van der Waals surface area contributed by atoms with Gasteiger partial charge in [0.05, 0.1) is 11.2 Å². The molecule has 1 aromatic heterocycles. The minimum absolute atomic E-state index is 0.346. The zero-order valence-corrected chi connectivity index (χ0v) is 11.5. The van der Waals surface area contributed by atoms with Crippen LogP contribution in [0.4, 0.5) is 0 Å². The Kier molecular flexibility index (Phi) is 3.52. The second-order valence-corrected chi connectivity index (χ2v) is 5.61. The Bertz CT molecular complexity index is 520. The van der Waals surface area contributed by atoms with Crippen molar-refractivity contribution in [3.8, 4) is 11.3 Å². The van der Waals surface area contributed by atoms with Crippen LogP contribution in [0.3, 0.4) is 0 Å². The summed E-state index contributed by atoms with van der Waals surface area (Å²) in [4.78, 5) is 4.60. The van der Waals surface area contributed by atoms with Gasteiger partial charge in [0.25, 0.3) is 0 Å². The third kappa shape index (κ3) is 2.68. The molecule has 0 spiro atoms. The SMILES string of the molecule is CCC(C)(N)c1nc(-c2cccc(Cl)c2)cs1. The van der Waals surface area contributed by atoms with E-state index in [2.05, 4.69) is 11.9 Å². The predicted molar refractivity (Wildman–Crippen MR) is 74.4 cm³/mol. The molecule has 2 aromatic rings. The highest BCUT2D eigenvalue weighted by Crippen LogP contribution is 2.30. The molecular weight excluding hydrogens is 252 g/mol. The maximum Gasteiger partial charge on any atom is 0.113 e. The van der Waals surface area contributed by atoms with E-state index in [-0.39, 0.29) is 5.54 Å². The van der Waals surface area contributed by atoms with Gasteiger partial charge in [0.1, 0.15) is 5.01 Å². The molecule has 0 aliphatic carbocycles. The zero-order chi connectivity index (χ0) is 12.5. The first-order chi connectivity index (χ1) is 8.03. The summed E-state index contributed by atoms with van der Waals surface area (Å²) < 4.78 is 0. The highest BCUT2D eigenvalue weighted by atomic mass is 35.5. The lowest BCUT2D eigenvalue weighted by Crippen LogP contribution is -2.31. The van der Waals surface area contributed by atoms with Gasteiger partial charge in [0.2, 0.25) is 0 Å². The Morgan fingerprint density at radius 3 is 2.88 bits per heavy atom. The minimum Gasteiger partial charge on any atom is -0.320 e. The Labute approximate surface area is 110 Å². The summed E-state index contributed by atoms with van der Waals surface area (Å²) in [5.74, 6) is 0. The Morgan fingerprint density at radius 2 is 2.24 bits per heavy atom. The lowest BCUT2D eigenvalue weighted by Gasteiger charge is -2.18. The highest BCUT2D eigenvalue weighted by molar-refractivity contribution is 7.10. The average molecular weight is 267 g/mol. The van der Waals surface area contributed by atoms with Gasteiger partial charge in [-0.2, -0.15) is 0 Å². The number of thiazole rings is 1. The molecule has 2 nitrogen and oxygen atoms in total. The molecule has 0 aliphatic rings.